The van der Waals surface area contributed by atoms with Crippen molar-refractivity contribution in [3.63, 3.8) is 0 Å². The maximum atomic E-state index is 12.6. The Hall–Kier alpha value is -3.55. The minimum atomic E-state index is -0.137. The van der Waals surface area contributed by atoms with Crippen LogP contribution in [0.15, 0.2) is 48.8 Å². The lowest BCUT2D eigenvalue weighted by molar-refractivity contribution is 0.222. The zero-order valence-corrected chi connectivity index (χ0v) is 18.5. The number of likely N-dealkylation sites (tertiary alicyclic amines) is 1. The van der Waals surface area contributed by atoms with Crippen LogP contribution in [0.4, 0.5) is 15.4 Å². The molecular weight excluding hydrogens is 406 g/mol. The van der Waals surface area contributed by atoms with Crippen LogP contribution in [0.1, 0.15) is 39.5 Å². The van der Waals surface area contributed by atoms with Crippen molar-refractivity contribution in [2.75, 3.05) is 18.4 Å². The summed E-state index contributed by atoms with van der Waals surface area (Å²) in [5.41, 5.74) is 0.814. The number of amides is 3. The van der Waals surface area contributed by atoms with Crippen LogP contribution in [-0.2, 0) is 0 Å². The molecular formula is C24H29N5O3. The standard InChI is InChI=1S/C24H29N5O3/c1-3-18(4-2)26-24(31)29-14-10-17-15-19(7-8-21(17)29)32-20-9-11-25-22(16-20)27-23(30)28-12-5-6-13-28/h7-11,14-16,18H,3-6,12-13H2,1-2H3,(H,26,31)(H,25,27,30). The van der Waals surface area contributed by atoms with Gasteiger partial charge in [-0.1, -0.05) is 13.8 Å². The molecule has 168 valence electrons. The molecule has 3 amide bonds. The van der Waals surface area contributed by atoms with Crippen molar-refractivity contribution >= 4 is 28.8 Å². The van der Waals surface area contributed by atoms with Gasteiger partial charge in [-0.3, -0.25) is 9.88 Å². The lowest BCUT2D eigenvalue weighted by Crippen LogP contribution is -2.36. The normalized spacial score (nSPS) is 13.5. The average Bonchev–Trinajstić information content (AvgIpc) is 3.47. The quantitative estimate of drug-likeness (QED) is 0.557. The average molecular weight is 436 g/mol. The first kappa shape index (κ1) is 21.7. The van der Waals surface area contributed by atoms with Crippen molar-refractivity contribution in [3.8, 4) is 11.5 Å². The molecule has 4 rings (SSSR count). The van der Waals surface area contributed by atoms with E-state index in [1.54, 1.807) is 34.0 Å². The molecule has 0 bridgehead atoms. The number of benzene rings is 1. The van der Waals surface area contributed by atoms with E-state index in [-0.39, 0.29) is 18.1 Å². The van der Waals surface area contributed by atoms with Crippen molar-refractivity contribution in [1.82, 2.24) is 19.8 Å². The van der Waals surface area contributed by atoms with E-state index in [9.17, 15) is 9.59 Å². The molecule has 2 aromatic heterocycles. The summed E-state index contributed by atoms with van der Waals surface area (Å²) in [5, 5.41) is 6.79. The predicted molar refractivity (Wildman–Crippen MR) is 124 cm³/mol. The van der Waals surface area contributed by atoms with Crippen molar-refractivity contribution in [3.05, 3.63) is 48.8 Å². The van der Waals surface area contributed by atoms with Gasteiger partial charge in [0.2, 0.25) is 0 Å². The van der Waals surface area contributed by atoms with Crippen molar-refractivity contribution in [2.24, 2.45) is 0 Å². The molecule has 1 aliphatic rings. The number of carbonyl (C=O) groups excluding carboxylic acids is 2. The van der Waals surface area contributed by atoms with Crippen molar-refractivity contribution in [1.29, 1.82) is 0 Å². The van der Waals surface area contributed by atoms with E-state index in [0.717, 1.165) is 49.7 Å². The molecule has 0 saturated carbocycles. The number of nitrogens with one attached hydrogen (secondary N) is 2. The highest BCUT2D eigenvalue weighted by atomic mass is 16.5. The van der Waals surface area contributed by atoms with E-state index < -0.39 is 0 Å². The molecule has 1 saturated heterocycles. The van der Waals surface area contributed by atoms with Gasteiger partial charge in [-0.2, -0.15) is 0 Å². The number of anilines is 1. The maximum Gasteiger partial charge on any atom is 0.326 e. The van der Waals surface area contributed by atoms with Crippen LogP contribution in [0.2, 0.25) is 0 Å². The summed E-state index contributed by atoms with van der Waals surface area (Å²) in [6, 6.07) is 10.8. The zero-order valence-electron chi connectivity index (χ0n) is 18.5. The number of carbonyl (C=O) groups is 2. The van der Waals surface area contributed by atoms with Crippen LogP contribution < -0.4 is 15.4 Å². The fourth-order valence-electron chi connectivity index (χ4n) is 3.89. The molecule has 8 heteroatoms. The Bertz CT molecular complexity index is 1100. The molecule has 1 fully saturated rings. The topological polar surface area (TPSA) is 88.5 Å². The Balaban J connectivity index is 1.45. The smallest absolute Gasteiger partial charge is 0.326 e. The lowest BCUT2D eigenvalue weighted by Gasteiger charge is -2.16. The first-order valence-corrected chi connectivity index (χ1v) is 11.2. The molecule has 0 radical (unpaired) electrons. The molecule has 3 aromatic rings. The van der Waals surface area contributed by atoms with Gasteiger partial charge in [-0.05, 0) is 56.0 Å². The lowest BCUT2D eigenvalue weighted by atomic mass is 10.2. The summed E-state index contributed by atoms with van der Waals surface area (Å²) in [4.78, 5) is 30.9. The number of aromatic nitrogens is 2. The highest BCUT2D eigenvalue weighted by Gasteiger charge is 2.18. The minimum Gasteiger partial charge on any atom is -0.457 e. The highest BCUT2D eigenvalue weighted by molar-refractivity contribution is 5.92. The second-order valence-corrected chi connectivity index (χ2v) is 7.97. The molecule has 8 nitrogen and oxygen atoms in total. The number of hydrogen-bond donors (Lipinski definition) is 2. The van der Waals surface area contributed by atoms with Gasteiger partial charge in [0.15, 0.2) is 0 Å². The van der Waals surface area contributed by atoms with Crippen LogP contribution >= 0.6 is 0 Å². The third kappa shape index (κ3) is 4.85. The van der Waals surface area contributed by atoms with Gasteiger partial charge in [0.25, 0.3) is 0 Å². The maximum absolute atomic E-state index is 12.6. The van der Waals surface area contributed by atoms with Gasteiger partial charge >= 0.3 is 12.1 Å². The third-order valence-corrected chi connectivity index (χ3v) is 5.79. The molecule has 1 aromatic carbocycles. The van der Waals surface area contributed by atoms with Gasteiger partial charge in [0.05, 0.1) is 5.52 Å². The van der Waals surface area contributed by atoms with E-state index >= 15 is 0 Å². The molecule has 0 aliphatic carbocycles. The predicted octanol–water partition coefficient (Wildman–Crippen LogP) is 5.20. The molecule has 0 spiro atoms. The zero-order chi connectivity index (χ0) is 22.5. The Morgan fingerprint density at radius 2 is 1.78 bits per heavy atom. The summed E-state index contributed by atoms with van der Waals surface area (Å²) in [6.07, 6.45) is 7.23. The largest absolute Gasteiger partial charge is 0.457 e. The number of nitrogens with zero attached hydrogens (tertiary/aromatic N) is 3. The fourth-order valence-corrected chi connectivity index (χ4v) is 3.89. The Morgan fingerprint density at radius 3 is 2.53 bits per heavy atom. The second-order valence-electron chi connectivity index (χ2n) is 7.97. The van der Waals surface area contributed by atoms with Gasteiger partial charge in [0, 0.05) is 43.0 Å². The van der Waals surface area contributed by atoms with E-state index in [1.165, 1.54) is 0 Å². The van der Waals surface area contributed by atoms with Gasteiger partial charge in [-0.15, -0.1) is 0 Å². The molecule has 32 heavy (non-hydrogen) atoms. The van der Waals surface area contributed by atoms with E-state index in [1.807, 2.05) is 24.3 Å². The van der Waals surface area contributed by atoms with E-state index in [4.69, 9.17) is 4.74 Å². The number of fused-ring (bicyclic) bond motifs is 1. The molecule has 0 unspecified atom stereocenters. The summed E-state index contributed by atoms with van der Waals surface area (Å²) in [6.45, 7) is 5.68. The fraction of sp³-hybridized carbons (Fsp3) is 0.375. The van der Waals surface area contributed by atoms with E-state index in [0.29, 0.717) is 17.3 Å². The number of hydrogen-bond acceptors (Lipinski definition) is 4. The third-order valence-electron chi connectivity index (χ3n) is 5.79. The number of urea groups is 1. The molecule has 0 atom stereocenters. The van der Waals surface area contributed by atoms with Crippen LogP contribution in [0.25, 0.3) is 10.9 Å². The van der Waals surface area contributed by atoms with Gasteiger partial charge in [0.1, 0.15) is 17.3 Å². The molecule has 1 aliphatic heterocycles. The summed E-state index contributed by atoms with van der Waals surface area (Å²) < 4.78 is 7.61. The minimum absolute atomic E-state index is 0.130. The summed E-state index contributed by atoms with van der Waals surface area (Å²) >= 11 is 0. The van der Waals surface area contributed by atoms with E-state index in [2.05, 4.69) is 29.5 Å². The van der Waals surface area contributed by atoms with Gasteiger partial charge < -0.3 is 15.0 Å². The number of ether oxygens (including phenoxy) is 1. The Morgan fingerprint density at radius 1 is 1.03 bits per heavy atom. The summed E-state index contributed by atoms with van der Waals surface area (Å²) in [5.74, 6) is 1.66. The molecule has 3 heterocycles. The van der Waals surface area contributed by atoms with Crippen LogP contribution in [-0.4, -0.2) is 45.6 Å². The number of rotatable bonds is 6. The Labute approximate surface area is 187 Å². The van der Waals surface area contributed by atoms with Crippen LogP contribution in [0, 0.1) is 0 Å². The second kappa shape index (κ2) is 9.72. The van der Waals surface area contributed by atoms with Crippen LogP contribution in [0.3, 0.4) is 0 Å². The summed E-state index contributed by atoms with van der Waals surface area (Å²) in [7, 11) is 0. The van der Waals surface area contributed by atoms with Crippen LogP contribution in [0.5, 0.6) is 11.5 Å². The first-order chi connectivity index (χ1) is 15.6. The number of pyridine rings is 1. The molecule has 2 N–H and O–H groups in total. The Kier molecular flexibility index (Phi) is 6.58. The monoisotopic (exact) mass is 435 g/mol. The van der Waals surface area contributed by atoms with Crippen molar-refractivity contribution < 1.29 is 14.3 Å². The highest BCUT2D eigenvalue weighted by Crippen LogP contribution is 2.27. The SMILES string of the molecule is CCC(CC)NC(=O)n1ccc2cc(Oc3ccnc(NC(=O)N4CCCC4)c3)ccc21. The van der Waals surface area contributed by atoms with Crippen molar-refractivity contribution in [2.45, 2.75) is 45.6 Å². The first-order valence-electron chi connectivity index (χ1n) is 11.2. The van der Waals surface area contributed by atoms with Gasteiger partial charge in [-0.25, -0.2) is 14.6 Å².